The minimum absolute atomic E-state index is 0.0683. The van der Waals surface area contributed by atoms with Crippen molar-refractivity contribution in [2.75, 3.05) is 13.1 Å². The summed E-state index contributed by atoms with van der Waals surface area (Å²) >= 11 is 0. The van der Waals surface area contributed by atoms with Crippen LogP contribution in [0.1, 0.15) is 46.4 Å². The van der Waals surface area contributed by atoms with Crippen molar-refractivity contribution >= 4 is 28.5 Å². The van der Waals surface area contributed by atoms with Gasteiger partial charge in [-0.25, -0.2) is 0 Å². The van der Waals surface area contributed by atoms with E-state index < -0.39 is 23.7 Å². The average molecular weight is 539 g/mol. The monoisotopic (exact) mass is 538 g/mol. The third-order valence-electron chi connectivity index (χ3n) is 7.52. The molecule has 3 aliphatic heterocycles. The van der Waals surface area contributed by atoms with Gasteiger partial charge in [-0.2, -0.15) is 13.2 Å². The fourth-order valence-electron chi connectivity index (χ4n) is 5.53. The summed E-state index contributed by atoms with van der Waals surface area (Å²) in [4.78, 5) is 44.7. The lowest BCUT2D eigenvalue weighted by Gasteiger charge is -2.29. The molecule has 1 N–H and O–H groups in total. The minimum Gasteiger partial charge on any atom is -0.489 e. The number of alkyl halides is 3. The quantitative estimate of drug-likeness (QED) is 0.499. The fourth-order valence-corrected chi connectivity index (χ4v) is 5.53. The van der Waals surface area contributed by atoms with Crippen molar-refractivity contribution in [3.05, 3.63) is 71.0 Å². The molecule has 6 rings (SSSR count). The lowest BCUT2D eigenvalue weighted by atomic mass is 10.0. The molecule has 0 aliphatic carbocycles. The highest BCUT2D eigenvalue weighted by molar-refractivity contribution is 6.05. The first-order valence-corrected chi connectivity index (χ1v) is 12.8. The van der Waals surface area contributed by atoms with Gasteiger partial charge in [-0.05, 0) is 60.2 Å². The number of hydrogen-bond donors (Lipinski definition) is 1. The van der Waals surface area contributed by atoms with Gasteiger partial charge in [0.25, 0.3) is 5.91 Å². The molecule has 11 heteroatoms. The van der Waals surface area contributed by atoms with E-state index >= 15 is 0 Å². The molecule has 2 saturated heterocycles. The van der Waals surface area contributed by atoms with Crippen LogP contribution in [0.5, 0.6) is 5.75 Å². The number of pyridine rings is 1. The highest BCUT2D eigenvalue weighted by Gasteiger charge is 2.39. The van der Waals surface area contributed by atoms with Crippen LogP contribution in [0.4, 0.5) is 13.2 Å². The van der Waals surface area contributed by atoms with Crippen LogP contribution in [0.3, 0.4) is 0 Å². The number of imide groups is 1. The van der Waals surface area contributed by atoms with E-state index in [0.29, 0.717) is 41.6 Å². The third kappa shape index (κ3) is 5.06. The standard InChI is InChI=1S/C28H25F3N4O4/c29-28(30,31)19-2-1-16-10-20(32-12-17(16)9-19)14-34-8-7-22(15-34)39-21-3-4-23-18(11-21)13-35(27(23)38)24-5-6-25(36)33-26(24)37/h1-4,9-12,22,24H,5-8,13-15H2,(H,33,36,37)/t22-,24?/m0/s1. The molecule has 39 heavy (non-hydrogen) atoms. The van der Waals surface area contributed by atoms with Crippen LogP contribution < -0.4 is 10.1 Å². The Bertz CT molecular complexity index is 1490. The van der Waals surface area contributed by atoms with Crippen LogP contribution in [0.2, 0.25) is 0 Å². The smallest absolute Gasteiger partial charge is 0.416 e. The van der Waals surface area contributed by atoms with Crippen LogP contribution >= 0.6 is 0 Å². The second-order valence-electron chi connectivity index (χ2n) is 10.2. The van der Waals surface area contributed by atoms with Crippen LogP contribution in [-0.4, -0.2) is 57.7 Å². The Kier molecular flexibility index (Phi) is 6.25. The van der Waals surface area contributed by atoms with Gasteiger partial charge in [-0.3, -0.25) is 29.6 Å². The molecular formula is C28H25F3N4O4. The van der Waals surface area contributed by atoms with Gasteiger partial charge < -0.3 is 9.64 Å². The summed E-state index contributed by atoms with van der Waals surface area (Å²) in [6.07, 6.45) is -1.67. The molecule has 8 nitrogen and oxygen atoms in total. The molecule has 0 spiro atoms. The second kappa shape index (κ2) is 9.64. The normalized spacial score (nSPS) is 21.9. The van der Waals surface area contributed by atoms with Gasteiger partial charge in [0.2, 0.25) is 11.8 Å². The molecule has 3 amide bonds. The first-order valence-electron chi connectivity index (χ1n) is 12.8. The van der Waals surface area contributed by atoms with Gasteiger partial charge in [0.05, 0.1) is 11.3 Å². The van der Waals surface area contributed by atoms with Crippen LogP contribution in [0.15, 0.2) is 48.7 Å². The number of nitrogens with zero attached hydrogens (tertiary/aromatic N) is 3. The highest BCUT2D eigenvalue weighted by Crippen LogP contribution is 2.33. The molecule has 3 aliphatic rings. The maximum absolute atomic E-state index is 13.0. The summed E-state index contributed by atoms with van der Waals surface area (Å²) in [5.41, 5.74) is 1.40. The predicted octanol–water partition coefficient (Wildman–Crippen LogP) is 3.67. The summed E-state index contributed by atoms with van der Waals surface area (Å²) in [6.45, 7) is 2.28. The van der Waals surface area contributed by atoms with Crippen LogP contribution in [-0.2, 0) is 28.9 Å². The molecule has 0 saturated carbocycles. The number of benzene rings is 2. The summed E-state index contributed by atoms with van der Waals surface area (Å²) in [7, 11) is 0. The van der Waals surface area contributed by atoms with Crippen molar-refractivity contribution < 1.29 is 32.3 Å². The van der Waals surface area contributed by atoms with Crippen molar-refractivity contribution in [3.63, 3.8) is 0 Å². The molecule has 0 radical (unpaired) electrons. The van der Waals surface area contributed by atoms with E-state index in [1.165, 1.54) is 17.2 Å². The summed E-state index contributed by atoms with van der Waals surface area (Å²) < 4.78 is 45.2. The van der Waals surface area contributed by atoms with Crippen molar-refractivity contribution in [1.29, 1.82) is 0 Å². The Labute approximate surface area is 221 Å². The number of piperidine rings is 1. The Morgan fingerprint density at radius 2 is 1.87 bits per heavy atom. The maximum atomic E-state index is 13.0. The van der Waals surface area contributed by atoms with Gasteiger partial charge >= 0.3 is 6.18 Å². The third-order valence-corrected chi connectivity index (χ3v) is 7.52. The molecule has 4 heterocycles. The van der Waals surface area contributed by atoms with Crippen LogP contribution in [0, 0.1) is 0 Å². The molecule has 3 aromatic rings. The maximum Gasteiger partial charge on any atom is 0.416 e. The number of halogens is 3. The predicted molar refractivity (Wildman–Crippen MR) is 134 cm³/mol. The Balaban J connectivity index is 1.07. The zero-order valence-electron chi connectivity index (χ0n) is 20.8. The number of carbonyl (C=O) groups is 3. The average Bonchev–Trinajstić information content (AvgIpc) is 3.46. The molecule has 2 atom stereocenters. The van der Waals surface area contributed by atoms with Crippen molar-refractivity contribution in [2.24, 2.45) is 0 Å². The summed E-state index contributed by atoms with van der Waals surface area (Å²) in [6, 6.07) is 10.1. The van der Waals surface area contributed by atoms with Gasteiger partial charge in [0.1, 0.15) is 17.9 Å². The lowest BCUT2D eigenvalue weighted by molar-refractivity contribution is -0.138. The molecule has 0 bridgehead atoms. The highest BCUT2D eigenvalue weighted by atomic mass is 19.4. The number of fused-ring (bicyclic) bond motifs is 2. The van der Waals surface area contributed by atoms with E-state index in [-0.39, 0.29) is 30.9 Å². The number of carbonyl (C=O) groups excluding carboxylic acids is 3. The van der Waals surface area contributed by atoms with Gasteiger partial charge in [-0.1, -0.05) is 6.07 Å². The molecule has 2 fully saturated rings. The first kappa shape index (κ1) is 25.3. The molecular weight excluding hydrogens is 513 g/mol. The topological polar surface area (TPSA) is 91.8 Å². The molecule has 2 aromatic carbocycles. The van der Waals surface area contributed by atoms with E-state index in [9.17, 15) is 27.6 Å². The Morgan fingerprint density at radius 3 is 2.67 bits per heavy atom. The van der Waals surface area contributed by atoms with Crippen LogP contribution in [0.25, 0.3) is 10.8 Å². The number of ether oxygens (including phenoxy) is 1. The zero-order valence-corrected chi connectivity index (χ0v) is 20.8. The van der Waals surface area contributed by atoms with Crippen molar-refractivity contribution in [2.45, 2.75) is 50.7 Å². The van der Waals surface area contributed by atoms with E-state index in [2.05, 4.69) is 15.2 Å². The largest absolute Gasteiger partial charge is 0.489 e. The van der Waals surface area contributed by atoms with E-state index in [1.54, 1.807) is 12.1 Å². The molecule has 1 unspecified atom stereocenters. The lowest BCUT2D eigenvalue weighted by Crippen LogP contribution is -2.52. The number of rotatable bonds is 5. The zero-order chi connectivity index (χ0) is 27.3. The van der Waals surface area contributed by atoms with E-state index in [0.717, 1.165) is 36.4 Å². The summed E-state index contributed by atoms with van der Waals surface area (Å²) in [5, 5.41) is 3.46. The summed E-state index contributed by atoms with van der Waals surface area (Å²) in [5.74, 6) is -0.349. The fraction of sp³-hybridized carbons (Fsp3) is 0.357. The molecule has 202 valence electrons. The van der Waals surface area contributed by atoms with Crippen molar-refractivity contribution in [3.8, 4) is 5.75 Å². The first-order chi connectivity index (χ1) is 18.6. The SMILES string of the molecule is O=C1CCC(N2Cc3cc(O[C@H]4CCN(Cc5cc6ccc(C(F)(F)F)cc6cn5)C4)ccc3C2=O)C(=O)N1. The number of nitrogens with one attached hydrogen (secondary N) is 1. The number of amides is 3. The number of likely N-dealkylation sites (tertiary alicyclic amines) is 1. The van der Waals surface area contributed by atoms with Gasteiger partial charge in [-0.15, -0.1) is 0 Å². The molecule has 1 aromatic heterocycles. The number of aromatic nitrogens is 1. The van der Waals surface area contributed by atoms with Gasteiger partial charge in [0.15, 0.2) is 0 Å². The van der Waals surface area contributed by atoms with E-state index in [4.69, 9.17) is 4.74 Å². The Hall–Kier alpha value is -3.99. The van der Waals surface area contributed by atoms with E-state index in [1.807, 2.05) is 12.1 Å². The Morgan fingerprint density at radius 1 is 1.03 bits per heavy atom. The van der Waals surface area contributed by atoms with Crippen molar-refractivity contribution in [1.82, 2.24) is 20.1 Å². The number of hydrogen-bond acceptors (Lipinski definition) is 6. The second-order valence-corrected chi connectivity index (χ2v) is 10.2. The van der Waals surface area contributed by atoms with Gasteiger partial charge in [0, 0.05) is 49.7 Å². The minimum atomic E-state index is -4.39.